The van der Waals surface area contributed by atoms with Crippen LogP contribution in [0.3, 0.4) is 0 Å². The minimum Gasteiger partial charge on any atom is -0.506 e. The number of ether oxygens (including phenoxy) is 1. The van der Waals surface area contributed by atoms with Gasteiger partial charge in [-0.25, -0.2) is 5.43 Å². The van der Waals surface area contributed by atoms with E-state index in [1.807, 2.05) is 11.0 Å². The Morgan fingerprint density at radius 2 is 1.82 bits per heavy atom. The normalized spacial score (nSPS) is 13.8. The third-order valence-corrected chi connectivity index (χ3v) is 6.12. The van der Waals surface area contributed by atoms with Gasteiger partial charge in [0, 0.05) is 40.0 Å². The SMILES string of the molecule is O=[N+]([O-])c1ccc(Nc2nc(NN=Cc3cc(I)cc(I)c3O)nc(N3CCOCC3)n2)cc1. The average Bonchev–Trinajstić information content (AvgIpc) is 2.83. The van der Waals surface area contributed by atoms with Crippen molar-refractivity contribution in [3.8, 4) is 5.75 Å². The Hall–Kier alpha value is -2.86. The van der Waals surface area contributed by atoms with Gasteiger partial charge in [-0.05, 0) is 69.4 Å². The zero-order valence-corrected chi connectivity index (χ0v) is 21.8. The number of aromatic nitrogens is 3. The molecule has 0 radical (unpaired) electrons. The van der Waals surface area contributed by atoms with E-state index in [-0.39, 0.29) is 23.3 Å². The van der Waals surface area contributed by atoms with Crippen molar-refractivity contribution in [2.24, 2.45) is 5.10 Å². The molecule has 0 unspecified atom stereocenters. The van der Waals surface area contributed by atoms with Crippen molar-refractivity contribution in [3.63, 3.8) is 0 Å². The maximum absolute atomic E-state index is 10.9. The molecule has 2 aromatic carbocycles. The predicted octanol–water partition coefficient (Wildman–Crippen LogP) is 3.72. The minimum absolute atomic E-state index is 0.0135. The molecular formula is C20H18I2N8O4. The van der Waals surface area contributed by atoms with E-state index < -0.39 is 4.92 Å². The molecule has 0 aliphatic carbocycles. The molecule has 1 saturated heterocycles. The summed E-state index contributed by atoms with van der Waals surface area (Å²) < 4.78 is 7.09. The first kappa shape index (κ1) is 24.3. The van der Waals surface area contributed by atoms with E-state index in [4.69, 9.17) is 4.74 Å². The zero-order valence-electron chi connectivity index (χ0n) is 17.5. The fourth-order valence-electron chi connectivity index (χ4n) is 3.01. The minimum atomic E-state index is -0.462. The van der Waals surface area contributed by atoms with Crippen molar-refractivity contribution >= 4 is 80.6 Å². The third-order valence-electron chi connectivity index (χ3n) is 4.68. The highest BCUT2D eigenvalue weighted by molar-refractivity contribution is 14.1. The number of aromatic hydroxyl groups is 1. The molecule has 1 aromatic heterocycles. The number of hydrogen-bond donors (Lipinski definition) is 3. The molecule has 2 heterocycles. The van der Waals surface area contributed by atoms with Gasteiger partial charge in [-0.15, -0.1) is 0 Å². The van der Waals surface area contributed by atoms with Crippen LogP contribution in [0.25, 0.3) is 0 Å². The van der Waals surface area contributed by atoms with Crippen LogP contribution >= 0.6 is 45.2 Å². The van der Waals surface area contributed by atoms with Crippen LogP contribution in [0.15, 0.2) is 41.5 Å². The zero-order chi connectivity index (χ0) is 24.1. The number of halogens is 2. The quantitative estimate of drug-likeness (QED) is 0.145. The smallest absolute Gasteiger partial charge is 0.269 e. The summed E-state index contributed by atoms with van der Waals surface area (Å²) in [5.41, 5.74) is 3.91. The third kappa shape index (κ3) is 6.17. The molecule has 1 aliphatic rings. The first-order valence-corrected chi connectivity index (χ1v) is 12.1. The number of phenols is 1. The molecule has 0 amide bonds. The van der Waals surface area contributed by atoms with Crippen LogP contribution in [0.5, 0.6) is 5.75 Å². The van der Waals surface area contributed by atoms with Crippen LogP contribution in [0.1, 0.15) is 5.56 Å². The molecule has 0 bridgehead atoms. The van der Waals surface area contributed by atoms with Gasteiger partial charge in [0.1, 0.15) is 5.75 Å². The molecule has 3 N–H and O–H groups in total. The van der Waals surface area contributed by atoms with E-state index in [1.54, 1.807) is 18.2 Å². The number of anilines is 4. The van der Waals surface area contributed by atoms with Crippen LogP contribution < -0.4 is 15.6 Å². The highest BCUT2D eigenvalue weighted by Crippen LogP contribution is 2.26. The molecule has 0 spiro atoms. The van der Waals surface area contributed by atoms with Crippen LogP contribution in [0.2, 0.25) is 0 Å². The fraction of sp³-hybridized carbons (Fsp3) is 0.200. The van der Waals surface area contributed by atoms with Gasteiger partial charge >= 0.3 is 0 Å². The lowest BCUT2D eigenvalue weighted by molar-refractivity contribution is -0.384. The standard InChI is InChI=1S/C20H18I2N8O4/c21-13-9-12(17(31)16(22)10-13)11-23-28-19-25-18(24-14-1-3-15(4-2-14)30(32)33)26-20(27-19)29-5-7-34-8-6-29/h1-4,9-11,31H,5-8H2,(H2,24,25,26,27,28). The number of phenolic OH excluding ortho intramolecular Hbond substituents is 1. The number of hydrazone groups is 1. The number of nitro groups is 1. The highest BCUT2D eigenvalue weighted by Gasteiger charge is 2.17. The summed E-state index contributed by atoms with van der Waals surface area (Å²) in [5, 5.41) is 28.4. The summed E-state index contributed by atoms with van der Waals surface area (Å²) >= 11 is 4.23. The lowest BCUT2D eigenvalue weighted by Crippen LogP contribution is -2.37. The van der Waals surface area contributed by atoms with Gasteiger partial charge in [-0.1, -0.05) is 0 Å². The number of nitro benzene ring substituents is 1. The Morgan fingerprint density at radius 1 is 1.12 bits per heavy atom. The molecule has 14 heteroatoms. The van der Waals surface area contributed by atoms with Gasteiger partial charge in [0.25, 0.3) is 5.69 Å². The second-order valence-electron chi connectivity index (χ2n) is 7.01. The average molecular weight is 688 g/mol. The Kier molecular flexibility index (Phi) is 7.88. The Bertz CT molecular complexity index is 1220. The van der Waals surface area contributed by atoms with Gasteiger partial charge in [-0.3, -0.25) is 10.1 Å². The van der Waals surface area contributed by atoms with Crippen LogP contribution in [-0.4, -0.2) is 57.5 Å². The second-order valence-corrected chi connectivity index (χ2v) is 9.41. The summed E-state index contributed by atoms with van der Waals surface area (Å²) in [4.78, 5) is 25.7. The molecule has 3 aromatic rings. The van der Waals surface area contributed by atoms with Crippen molar-refractivity contribution in [2.45, 2.75) is 0 Å². The lowest BCUT2D eigenvalue weighted by atomic mass is 10.2. The summed E-state index contributed by atoms with van der Waals surface area (Å²) in [6.07, 6.45) is 1.49. The molecule has 0 saturated carbocycles. The van der Waals surface area contributed by atoms with E-state index in [0.717, 1.165) is 7.14 Å². The number of rotatable bonds is 7. The molecule has 1 fully saturated rings. The molecule has 4 rings (SSSR count). The predicted molar refractivity (Wildman–Crippen MR) is 144 cm³/mol. The van der Waals surface area contributed by atoms with Gasteiger partial charge in [0.2, 0.25) is 17.8 Å². The fourth-order valence-corrected chi connectivity index (χ4v) is 4.90. The first-order chi connectivity index (χ1) is 16.4. The highest BCUT2D eigenvalue weighted by atomic mass is 127. The van der Waals surface area contributed by atoms with E-state index in [9.17, 15) is 15.2 Å². The number of non-ortho nitro benzene ring substituents is 1. The van der Waals surface area contributed by atoms with Gasteiger partial charge in [0.05, 0.1) is 27.9 Å². The molecular weight excluding hydrogens is 670 g/mol. The number of benzene rings is 2. The maximum Gasteiger partial charge on any atom is 0.269 e. The second kappa shape index (κ2) is 11.0. The van der Waals surface area contributed by atoms with Crippen molar-refractivity contribution in [1.82, 2.24) is 15.0 Å². The van der Waals surface area contributed by atoms with Crippen molar-refractivity contribution in [1.29, 1.82) is 0 Å². The van der Waals surface area contributed by atoms with Crippen molar-refractivity contribution < 1.29 is 14.8 Å². The summed E-state index contributed by atoms with van der Waals surface area (Å²) in [6, 6.07) is 9.59. The summed E-state index contributed by atoms with van der Waals surface area (Å²) in [5.74, 6) is 1.01. The maximum atomic E-state index is 10.9. The van der Waals surface area contributed by atoms with Gasteiger partial charge in [0.15, 0.2) is 0 Å². The number of hydrogen-bond acceptors (Lipinski definition) is 11. The monoisotopic (exact) mass is 688 g/mol. The Labute approximate surface area is 221 Å². The number of nitrogens with one attached hydrogen (secondary N) is 2. The van der Waals surface area contributed by atoms with Gasteiger partial charge < -0.3 is 20.1 Å². The topological polar surface area (TPSA) is 151 Å². The van der Waals surface area contributed by atoms with E-state index in [0.29, 0.717) is 43.5 Å². The molecule has 12 nitrogen and oxygen atoms in total. The molecule has 1 aliphatic heterocycles. The van der Waals surface area contributed by atoms with Crippen molar-refractivity contribution in [2.75, 3.05) is 41.9 Å². The van der Waals surface area contributed by atoms with E-state index >= 15 is 0 Å². The van der Waals surface area contributed by atoms with Crippen molar-refractivity contribution in [3.05, 3.63) is 59.2 Å². The Balaban J connectivity index is 1.58. The summed E-state index contributed by atoms with van der Waals surface area (Å²) in [7, 11) is 0. The number of nitrogens with zero attached hydrogens (tertiary/aromatic N) is 6. The van der Waals surface area contributed by atoms with Crippen LogP contribution in [0.4, 0.5) is 29.2 Å². The van der Waals surface area contributed by atoms with E-state index in [1.165, 1.54) is 18.3 Å². The molecule has 0 atom stereocenters. The number of morpholine rings is 1. The largest absolute Gasteiger partial charge is 0.506 e. The summed E-state index contributed by atoms with van der Waals surface area (Å²) in [6.45, 7) is 2.36. The van der Waals surface area contributed by atoms with Crippen LogP contribution in [-0.2, 0) is 4.74 Å². The van der Waals surface area contributed by atoms with Gasteiger partial charge in [-0.2, -0.15) is 20.1 Å². The first-order valence-electron chi connectivity index (χ1n) is 9.96. The lowest BCUT2D eigenvalue weighted by Gasteiger charge is -2.27. The Morgan fingerprint density at radius 3 is 2.53 bits per heavy atom. The van der Waals surface area contributed by atoms with E-state index in [2.05, 4.69) is 76.0 Å². The molecule has 176 valence electrons. The van der Waals surface area contributed by atoms with Crippen LogP contribution in [0, 0.1) is 17.3 Å². The molecule has 34 heavy (non-hydrogen) atoms.